The van der Waals surface area contributed by atoms with E-state index >= 15 is 0 Å². The highest BCUT2D eigenvalue weighted by Gasteiger charge is 2.29. The summed E-state index contributed by atoms with van der Waals surface area (Å²) in [5.41, 5.74) is 2.93. The van der Waals surface area contributed by atoms with Crippen LogP contribution in [0.15, 0.2) is 22.7 Å². The monoisotopic (exact) mass is 253 g/mol. The predicted octanol–water partition coefficient (Wildman–Crippen LogP) is 3.36. The lowest BCUT2D eigenvalue weighted by atomic mass is 9.90. The molecule has 0 aliphatic carbocycles. The van der Waals surface area contributed by atoms with Gasteiger partial charge in [0.05, 0.1) is 0 Å². The maximum Gasteiger partial charge on any atom is 0.0406 e. The fourth-order valence-corrected chi connectivity index (χ4v) is 2.38. The van der Waals surface area contributed by atoms with E-state index < -0.39 is 0 Å². The minimum Gasteiger partial charge on any atom is -0.308 e. The van der Waals surface area contributed by atoms with E-state index in [4.69, 9.17) is 0 Å². The van der Waals surface area contributed by atoms with Crippen LogP contribution in [0.4, 0.5) is 0 Å². The van der Waals surface area contributed by atoms with E-state index in [2.05, 4.69) is 53.3 Å². The number of nitrogens with one attached hydrogen (secondary N) is 1. The van der Waals surface area contributed by atoms with Crippen molar-refractivity contribution in [3.05, 3.63) is 33.8 Å². The van der Waals surface area contributed by atoms with E-state index in [-0.39, 0.29) is 5.54 Å². The van der Waals surface area contributed by atoms with Crippen LogP contribution in [0.2, 0.25) is 0 Å². The molecule has 1 aromatic rings. The number of halogens is 1. The highest BCUT2D eigenvalue weighted by molar-refractivity contribution is 9.10. The highest BCUT2D eigenvalue weighted by Crippen LogP contribution is 2.32. The summed E-state index contributed by atoms with van der Waals surface area (Å²) < 4.78 is 1.20. The summed E-state index contributed by atoms with van der Waals surface area (Å²) in [6.07, 6.45) is 2.53. The van der Waals surface area contributed by atoms with Crippen molar-refractivity contribution in [2.24, 2.45) is 0 Å². The highest BCUT2D eigenvalue weighted by atomic mass is 79.9. The summed E-state index contributed by atoms with van der Waals surface area (Å²) >= 11 is 3.54. The van der Waals surface area contributed by atoms with Crippen molar-refractivity contribution in [1.82, 2.24) is 5.32 Å². The second kappa shape index (κ2) is 3.67. The molecule has 1 nitrogen and oxygen atoms in total. The molecule has 1 N–H and O–H groups in total. The lowest BCUT2D eigenvalue weighted by molar-refractivity contribution is 0.434. The van der Waals surface area contributed by atoms with Crippen molar-refractivity contribution in [3.8, 4) is 0 Å². The van der Waals surface area contributed by atoms with Gasteiger partial charge < -0.3 is 5.32 Å². The zero-order valence-electron chi connectivity index (χ0n) is 8.73. The quantitative estimate of drug-likeness (QED) is 0.810. The molecule has 1 fully saturated rings. The number of benzene rings is 1. The zero-order chi connectivity index (χ0) is 10.2. The maximum absolute atomic E-state index is 3.58. The van der Waals surface area contributed by atoms with Crippen LogP contribution in [0.5, 0.6) is 0 Å². The van der Waals surface area contributed by atoms with E-state index in [0.29, 0.717) is 0 Å². The van der Waals surface area contributed by atoms with Crippen LogP contribution < -0.4 is 5.32 Å². The molecular formula is C12H16BrN. The van der Waals surface area contributed by atoms with Gasteiger partial charge in [0.1, 0.15) is 0 Å². The van der Waals surface area contributed by atoms with Crippen molar-refractivity contribution < 1.29 is 0 Å². The molecule has 0 amide bonds. The average molecular weight is 254 g/mol. The SMILES string of the molecule is Cc1cc(C2(C)CCCN2)ccc1Br. The molecule has 0 radical (unpaired) electrons. The normalized spacial score (nSPS) is 26.8. The topological polar surface area (TPSA) is 12.0 Å². The van der Waals surface area contributed by atoms with Crippen molar-refractivity contribution in [2.45, 2.75) is 32.2 Å². The van der Waals surface area contributed by atoms with Crippen molar-refractivity contribution in [1.29, 1.82) is 0 Å². The predicted molar refractivity (Wildman–Crippen MR) is 63.5 cm³/mol. The molecule has 2 rings (SSSR count). The standard InChI is InChI=1S/C12H16BrN/c1-9-8-10(4-5-11(9)13)12(2)6-3-7-14-12/h4-5,8,14H,3,6-7H2,1-2H3. The Balaban J connectivity index is 2.36. The molecule has 1 aromatic carbocycles. The van der Waals surface area contributed by atoms with Gasteiger partial charge in [0.2, 0.25) is 0 Å². The third kappa shape index (κ3) is 1.73. The molecule has 0 saturated carbocycles. The maximum atomic E-state index is 3.58. The van der Waals surface area contributed by atoms with Gasteiger partial charge in [0, 0.05) is 10.0 Å². The van der Waals surface area contributed by atoms with Gasteiger partial charge in [-0.2, -0.15) is 0 Å². The average Bonchev–Trinajstić information content (AvgIpc) is 2.58. The van der Waals surface area contributed by atoms with Gasteiger partial charge in [0.25, 0.3) is 0 Å². The smallest absolute Gasteiger partial charge is 0.0406 e. The van der Waals surface area contributed by atoms with Gasteiger partial charge in [-0.1, -0.05) is 28.1 Å². The number of hydrogen-bond donors (Lipinski definition) is 1. The van der Waals surface area contributed by atoms with Crippen LogP contribution in [0.3, 0.4) is 0 Å². The summed E-state index contributed by atoms with van der Waals surface area (Å²) in [7, 11) is 0. The van der Waals surface area contributed by atoms with Crippen LogP contribution in [-0.4, -0.2) is 6.54 Å². The minimum absolute atomic E-state index is 0.200. The Morgan fingerprint density at radius 2 is 2.21 bits per heavy atom. The second-order valence-electron chi connectivity index (χ2n) is 4.33. The molecule has 0 spiro atoms. The fraction of sp³-hybridized carbons (Fsp3) is 0.500. The van der Waals surface area contributed by atoms with E-state index in [1.807, 2.05) is 0 Å². The van der Waals surface area contributed by atoms with Gasteiger partial charge in [0.15, 0.2) is 0 Å². The molecule has 1 heterocycles. The Bertz CT molecular complexity index is 340. The largest absolute Gasteiger partial charge is 0.308 e. The summed E-state index contributed by atoms with van der Waals surface area (Å²) in [5, 5.41) is 3.58. The lowest BCUT2D eigenvalue weighted by Crippen LogP contribution is -2.33. The minimum atomic E-state index is 0.200. The Hall–Kier alpha value is -0.340. The number of rotatable bonds is 1. The summed E-state index contributed by atoms with van der Waals surface area (Å²) in [6.45, 7) is 5.58. The van der Waals surface area contributed by atoms with Gasteiger partial charge >= 0.3 is 0 Å². The van der Waals surface area contributed by atoms with Gasteiger partial charge in [-0.25, -0.2) is 0 Å². The van der Waals surface area contributed by atoms with E-state index in [9.17, 15) is 0 Å². The second-order valence-corrected chi connectivity index (χ2v) is 5.18. The van der Waals surface area contributed by atoms with Crippen LogP contribution in [0.1, 0.15) is 30.9 Å². The van der Waals surface area contributed by atoms with Gasteiger partial charge in [-0.3, -0.25) is 0 Å². The Morgan fingerprint density at radius 3 is 2.79 bits per heavy atom. The van der Waals surface area contributed by atoms with E-state index in [1.165, 1.54) is 28.4 Å². The van der Waals surface area contributed by atoms with E-state index in [0.717, 1.165) is 6.54 Å². The third-order valence-electron chi connectivity index (χ3n) is 3.16. The molecule has 76 valence electrons. The molecule has 14 heavy (non-hydrogen) atoms. The number of aryl methyl sites for hydroxylation is 1. The van der Waals surface area contributed by atoms with Crippen molar-refractivity contribution in [3.63, 3.8) is 0 Å². The summed E-state index contributed by atoms with van der Waals surface area (Å²) in [4.78, 5) is 0. The molecule has 1 unspecified atom stereocenters. The summed E-state index contributed by atoms with van der Waals surface area (Å²) in [6, 6.07) is 6.65. The van der Waals surface area contributed by atoms with Crippen molar-refractivity contribution >= 4 is 15.9 Å². The first kappa shape index (κ1) is 10.2. The molecular weight excluding hydrogens is 238 g/mol. The first-order valence-electron chi connectivity index (χ1n) is 5.13. The Morgan fingerprint density at radius 1 is 1.43 bits per heavy atom. The molecule has 0 bridgehead atoms. The third-order valence-corrected chi connectivity index (χ3v) is 4.05. The van der Waals surface area contributed by atoms with E-state index in [1.54, 1.807) is 0 Å². The summed E-state index contributed by atoms with van der Waals surface area (Å²) in [5.74, 6) is 0. The molecule has 1 saturated heterocycles. The molecule has 1 atom stereocenters. The van der Waals surface area contributed by atoms with Crippen molar-refractivity contribution in [2.75, 3.05) is 6.54 Å². The van der Waals surface area contributed by atoms with Crippen LogP contribution >= 0.6 is 15.9 Å². The van der Waals surface area contributed by atoms with Gasteiger partial charge in [-0.05, 0) is 50.4 Å². The first-order valence-corrected chi connectivity index (χ1v) is 5.93. The van der Waals surface area contributed by atoms with Crippen LogP contribution in [0.25, 0.3) is 0 Å². The Kier molecular flexibility index (Phi) is 2.67. The molecule has 1 aliphatic heterocycles. The Labute approximate surface area is 94.0 Å². The number of hydrogen-bond acceptors (Lipinski definition) is 1. The first-order chi connectivity index (χ1) is 6.62. The molecule has 1 aliphatic rings. The fourth-order valence-electron chi connectivity index (χ4n) is 2.13. The van der Waals surface area contributed by atoms with Crippen LogP contribution in [0, 0.1) is 6.92 Å². The van der Waals surface area contributed by atoms with Gasteiger partial charge in [-0.15, -0.1) is 0 Å². The molecule has 0 aromatic heterocycles. The van der Waals surface area contributed by atoms with Crippen LogP contribution in [-0.2, 0) is 5.54 Å². The lowest BCUT2D eigenvalue weighted by Gasteiger charge is -2.25. The molecule has 2 heteroatoms. The zero-order valence-corrected chi connectivity index (χ0v) is 10.3.